The molecule has 6 heteroatoms. The quantitative estimate of drug-likeness (QED) is 0.745. The molecule has 0 spiro atoms. The molecule has 1 unspecified atom stereocenters. The van der Waals surface area contributed by atoms with Crippen LogP contribution in [0.4, 0.5) is 4.39 Å². The fraction of sp³-hybridized carbons (Fsp3) is 0.400. The van der Waals surface area contributed by atoms with E-state index in [1.807, 2.05) is 0 Å². The third kappa shape index (κ3) is 3.44. The molecule has 1 fully saturated rings. The Labute approximate surface area is 157 Å². The average molecular weight is 374 g/mol. The van der Waals surface area contributed by atoms with E-state index in [-0.39, 0.29) is 23.2 Å². The van der Waals surface area contributed by atoms with Crippen LogP contribution in [0.5, 0.6) is 5.06 Å². The van der Waals surface area contributed by atoms with Gasteiger partial charge in [-0.3, -0.25) is 14.5 Å². The van der Waals surface area contributed by atoms with Crippen molar-refractivity contribution in [1.29, 1.82) is 0 Å². The Kier molecular flexibility index (Phi) is 4.30. The van der Waals surface area contributed by atoms with Gasteiger partial charge in [0.15, 0.2) is 10.8 Å². The number of nitrogens with zero attached hydrogens (tertiary/aromatic N) is 1. The van der Waals surface area contributed by atoms with Crippen molar-refractivity contribution >= 4 is 23.1 Å². The molecule has 1 aliphatic carbocycles. The second kappa shape index (κ2) is 6.93. The van der Waals surface area contributed by atoms with Crippen LogP contribution in [0.3, 0.4) is 0 Å². The minimum atomic E-state index is -1.74. The van der Waals surface area contributed by atoms with Crippen LogP contribution in [0, 0.1) is 11.7 Å². The van der Waals surface area contributed by atoms with Crippen molar-refractivity contribution in [3.63, 3.8) is 0 Å². The topological polar surface area (TPSA) is 46.6 Å². The lowest BCUT2D eigenvalue weighted by Gasteiger charge is -2.34. The van der Waals surface area contributed by atoms with E-state index in [1.165, 1.54) is 30.4 Å². The van der Waals surface area contributed by atoms with Crippen molar-refractivity contribution in [3.8, 4) is 5.06 Å². The lowest BCUT2D eigenvalue weighted by molar-refractivity contribution is -0.131. The Morgan fingerprint density at radius 1 is 1.38 bits per heavy atom. The Balaban J connectivity index is 1.69. The molecule has 0 bridgehead atoms. The van der Waals surface area contributed by atoms with E-state index in [1.54, 1.807) is 23.1 Å². The van der Waals surface area contributed by atoms with E-state index in [4.69, 9.17) is 6.11 Å². The molecular formula is C20H20FNO3S. The van der Waals surface area contributed by atoms with Crippen LogP contribution < -0.4 is 4.74 Å². The van der Waals surface area contributed by atoms with Gasteiger partial charge in [-0.25, -0.2) is 4.39 Å². The van der Waals surface area contributed by atoms with E-state index < -0.39 is 11.8 Å². The molecule has 4 nitrogen and oxygen atoms in total. The second-order valence-electron chi connectivity index (χ2n) is 6.75. The molecule has 1 aromatic carbocycles. The number of carbonyl (C=O) groups is 2. The molecule has 1 atom stereocenters. The zero-order valence-electron chi connectivity index (χ0n) is 15.5. The third-order valence-electron chi connectivity index (χ3n) is 4.72. The number of ether oxygens (including phenoxy) is 1. The number of halogens is 1. The molecule has 0 radical (unpaired) electrons. The molecule has 2 aromatic rings. The number of hydrogen-bond acceptors (Lipinski definition) is 5. The number of ketones is 1. The maximum absolute atomic E-state index is 14.6. The number of benzene rings is 1. The maximum atomic E-state index is 14.6. The molecule has 4 rings (SSSR count). The molecule has 136 valence electrons. The highest BCUT2D eigenvalue weighted by molar-refractivity contribution is 7.14. The lowest BCUT2D eigenvalue weighted by atomic mass is 9.95. The molecule has 1 saturated carbocycles. The van der Waals surface area contributed by atoms with Crippen molar-refractivity contribution in [2.75, 3.05) is 6.54 Å². The van der Waals surface area contributed by atoms with E-state index in [0.29, 0.717) is 24.6 Å². The highest BCUT2D eigenvalue weighted by atomic mass is 32.1. The molecule has 2 aliphatic rings. The summed E-state index contributed by atoms with van der Waals surface area (Å²) in [5, 5.41) is 0.518. The Bertz CT molecular complexity index is 910. The minimum absolute atomic E-state index is 0.112. The van der Waals surface area contributed by atoms with Crippen LogP contribution in [0.25, 0.3) is 0 Å². The van der Waals surface area contributed by atoms with E-state index in [2.05, 4.69) is 0 Å². The standard InChI is InChI=1S/C20H20FNO3S/c1-12(23)25-18-10-14-11-22(9-8-17(14)26-18)19(20(24)13-6-7-13)15-4-2-3-5-16(15)21/h2-5,10,13,19H,6-9,11H2,1H3/i19D. The monoisotopic (exact) mass is 374 g/mol. The molecule has 2 heterocycles. The van der Waals surface area contributed by atoms with Gasteiger partial charge in [0.1, 0.15) is 5.82 Å². The zero-order chi connectivity index (χ0) is 19.2. The van der Waals surface area contributed by atoms with Gasteiger partial charge in [-0.05, 0) is 37.0 Å². The summed E-state index contributed by atoms with van der Waals surface area (Å²) in [6.45, 7) is 2.18. The molecule has 0 amide bonds. The minimum Gasteiger partial charge on any atom is -0.416 e. The first kappa shape index (κ1) is 16.1. The summed E-state index contributed by atoms with van der Waals surface area (Å²) in [7, 11) is 0. The molecular weight excluding hydrogens is 353 g/mol. The van der Waals surface area contributed by atoms with E-state index >= 15 is 0 Å². The van der Waals surface area contributed by atoms with Gasteiger partial charge >= 0.3 is 5.97 Å². The smallest absolute Gasteiger partial charge is 0.308 e. The van der Waals surface area contributed by atoms with Crippen molar-refractivity contribution < 1.29 is 20.1 Å². The molecule has 1 aliphatic heterocycles. The summed E-state index contributed by atoms with van der Waals surface area (Å²) >= 11 is 1.41. The SMILES string of the molecule is [2H]C(C(=O)C1CC1)(c1ccccc1F)N1CCc2sc(OC(C)=O)cc2C1. The summed E-state index contributed by atoms with van der Waals surface area (Å²) in [6, 6.07) is 6.12. The van der Waals surface area contributed by atoms with Crippen LogP contribution in [0.2, 0.25) is 0 Å². The number of carbonyl (C=O) groups excluding carboxylic acids is 2. The maximum Gasteiger partial charge on any atom is 0.308 e. The molecule has 1 aromatic heterocycles. The zero-order valence-corrected chi connectivity index (χ0v) is 15.3. The predicted octanol–water partition coefficient (Wildman–Crippen LogP) is 3.89. The highest BCUT2D eigenvalue weighted by Gasteiger charge is 2.40. The Morgan fingerprint density at radius 3 is 2.85 bits per heavy atom. The summed E-state index contributed by atoms with van der Waals surface area (Å²) in [5.74, 6) is -1.30. The van der Waals surface area contributed by atoms with Gasteiger partial charge in [-0.1, -0.05) is 18.2 Å². The third-order valence-corrected chi connectivity index (χ3v) is 5.83. The van der Waals surface area contributed by atoms with Crippen molar-refractivity contribution in [3.05, 3.63) is 52.2 Å². The average Bonchev–Trinajstić information content (AvgIpc) is 3.40. The van der Waals surface area contributed by atoms with Crippen molar-refractivity contribution in [2.45, 2.75) is 38.7 Å². The van der Waals surface area contributed by atoms with E-state index in [9.17, 15) is 14.0 Å². The number of hydrogen-bond donors (Lipinski definition) is 0. The number of rotatable bonds is 5. The predicted molar refractivity (Wildman–Crippen MR) is 96.6 cm³/mol. The van der Waals surface area contributed by atoms with Gasteiger partial charge < -0.3 is 4.74 Å². The van der Waals surface area contributed by atoms with Crippen LogP contribution in [-0.2, 0) is 22.6 Å². The first-order valence-electron chi connectivity index (χ1n) is 9.24. The van der Waals surface area contributed by atoms with Crippen LogP contribution in [-0.4, -0.2) is 23.2 Å². The number of thiophene rings is 1. The fourth-order valence-corrected chi connectivity index (χ4v) is 4.39. The molecule has 0 saturated heterocycles. The van der Waals surface area contributed by atoms with Crippen LogP contribution >= 0.6 is 11.3 Å². The summed E-state index contributed by atoms with van der Waals surface area (Å²) in [5.41, 5.74) is 1.04. The van der Waals surface area contributed by atoms with Crippen LogP contribution in [0.15, 0.2) is 30.3 Å². The first-order valence-corrected chi connectivity index (χ1v) is 9.55. The Morgan fingerprint density at radius 2 is 2.15 bits per heavy atom. The second-order valence-corrected chi connectivity index (χ2v) is 7.85. The number of fused-ring (bicyclic) bond motifs is 1. The van der Waals surface area contributed by atoms with E-state index in [0.717, 1.165) is 23.3 Å². The number of esters is 1. The lowest BCUT2D eigenvalue weighted by Crippen LogP contribution is -2.38. The molecule has 0 N–H and O–H groups in total. The van der Waals surface area contributed by atoms with Crippen molar-refractivity contribution in [1.82, 2.24) is 4.90 Å². The normalized spacial score (nSPS) is 20.0. The highest BCUT2D eigenvalue weighted by Crippen LogP contribution is 2.41. The number of Topliss-reactive ketones (excluding diaryl/α,β-unsaturated/α-hetero) is 1. The van der Waals surface area contributed by atoms with Crippen LogP contribution in [0.1, 0.15) is 43.2 Å². The summed E-state index contributed by atoms with van der Waals surface area (Å²) in [4.78, 5) is 27.1. The van der Waals surface area contributed by atoms with Gasteiger partial charge in [0, 0.05) is 36.4 Å². The molecule has 26 heavy (non-hydrogen) atoms. The van der Waals surface area contributed by atoms with Gasteiger partial charge in [0.25, 0.3) is 0 Å². The fourth-order valence-electron chi connectivity index (χ4n) is 3.34. The summed E-state index contributed by atoms with van der Waals surface area (Å²) in [6.07, 6.45) is 2.17. The summed E-state index contributed by atoms with van der Waals surface area (Å²) < 4.78 is 28.8. The first-order chi connectivity index (χ1) is 12.9. The largest absolute Gasteiger partial charge is 0.416 e. The van der Waals surface area contributed by atoms with Crippen molar-refractivity contribution in [2.24, 2.45) is 5.92 Å². The van der Waals surface area contributed by atoms with Gasteiger partial charge in [-0.15, -0.1) is 11.3 Å². The Hall–Kier alpha value is -2.05. The van der Waals surface area contributed by atoms with Gasteiger partial charge in [0.2, 0.25) is 0 Å². The van der Waals surface area contributed by atoms with Gasteiger partial charge in [-0.2, -0.15) is 0 Å². The van der Waals surface area contributed by atoms with Gasteiger partial charge in [0.05, 0.1) is 7.39 Å².